The molecule has 0 aliphatic carbocycles. The van der Waals surface area contributed by atoms with Crippen LogP contribution >= 0.6 is 0 Å². The maximum atomic E-state index is 13.4. The number of phenolic OH excluding ortho intramolecular Hbond substituents is 1. The van der Waals surface area contributed by atoms with Gasteiger partial charge in [-0.2, -0.15) is 13.2 Å². The van der Waals surface area contributed by atoms with Crippen LogP contribution in [0.3, 0.4) is 0 Å². The van der Waals surface area contributed by atoms with Gasteiger partial charge in [0.25, 0.3) is 5.69 Å². The van der Waals surface area contributed by atoms with E-state index < -0.39 is 34.1 Å². The molecule has 0 aromatic heterocycles. The highest BCUT2D eigenvalue weighted by atomic mass is 19.4. The molecule has 116 valence electrons. The molecule has 1 heterocycles. The van der Waals surface area contributed by atoms with Crippen molar-refractivity contribution >= 4 is 5.69 Å². The molecule has 0 radical (unpaired) electrons. The first-order chi connectivity index (χ1) is 9.80. The Morgan fingerprint density at radius 1 is 1.33 bits per heavy atom. The van der Waals surface area contributed by atoms with Crippen molar-refractivity contribution in [1.29, 1.82) is 0 Å². The van der Waals surface area contributed by atoms with Gasteiger partial charge in [0, 0.05) is 43.9 Å². The van der Waals surface area contributed by atoms with Crippen LogP contribution in [0.4, 0.5) is 18.9 Å². The molecule has 21 heavy (non-hydrogen) atoms. The molecule has 2 rings (SSSR count). The van der Waals surface area contributed by atoms with Crippen LogP contribution in [-0.2, 0) is 0 Å². The SMILES string of the molecule is O=[N+]([O-])c1ccc(O)c([C@@H](N2CCNCC2)C(F)(F)F)c1. The fourth-order valence-corrected chi connectivity index (χ4v) is 2.39. The molecule has 6 nitrogen and oxygen atoms in total. The van der Waals surface area contributed by atoms with Gasteiger partial charge in [0.15, 0.2) is 0 Å². The lowest BCUT2D eigenvalue weighted by Gasteiger charge is -2.36. The Kier molecular flexibility index (Phi) is 4.33. The van der Waals surface area contributed by atoms with Crippen LogP contribution in [0.1, 0.15) is 11.6 Å². The van der Waals surface area contributed by atoms with Gasteiger partial charge in [-0.1, -0.05) is 0 Å². The quantitative estimate of drug-likeness (QED) is 0.658. The number of nitrogens with one attached hydrogen (secondary N) is 1. The smallest absolute Gasteiger partial charge is 0.408 e. The zero-order valence-electron chi connectivity index (χ0n) is 10.9. The number of piperazine rings is 1. The number of phenols is 1. The van der Waals surface area contributed by atoms with Crippen LogP contribution in [0.25, 0.3) is 0 Å². The van der Waals surface area contributed by atoms with Crippen molar-refractivity contribution in [1.82, 2.24) is 10.2 Å². The normalized spacial score (nSPS) is 18.4. The van der Waals surface area contributed by atoms with Crippen LogP contribution < -0.4 is 5.32 Å². The first-order valence-electron chi connectivity index (χ1n) is 6.29. The topological polar surface area (TPSA) is 78.6 Å². The number of nitro groups is 1. The van der Waals surface area contributed by atoms with Crippen LogP contribution in [0.5, 0.6) is 5.75 Å². The molecule has 0 bridgehead atoms. The summed E-state index contributed by atoms with van der Waals surface area (Å²) >= 11 is 0. The van der Waals surface area contributed by atoms with Gasteiger partial charge >= 0.3 is 6.18 Å². The molecular formula is C12H14F3N3O3. The van der Waals surface area contributed by atoms with Gasteiger partial charge in [0.2, 0.25) is 0 Å². The molecule has 1 aliphatic heterocycles. The summed E-state index contributed by atoms with van der Waals surface area (Å²) < 4.78 is 40.1. The number of hydrogen-bond donors (Lipinski definition) is 2. The van der Waals surface area contributed by atoms with E-state index in [1.165, 1.54) is 0 Å². The second-order valence-corrected chi connectivity index (χ2v) is 4.73. The third-order valence-corrected chi connectivity index (χ3v) is 3.34. The highest BCUT2D eigenvalue weighted by molar-refractivity contribution is 5.45. The van der Waals surface area contributed by atoms with Gasteiger partial charge < -0.3 is 10.4 Å². The van der Waals surface area contributed by atoms with E-state index in [0.29, 0.717) is 13.1 Å². The molecule has 1 saturated heterocycles. The van der Waals surface area contributed by atoms with E-state index >= 15 is 0 Å². The number of non-ortho nitro benzene ring substituents is 1. The molecule has 0 amide bonds. The minimum absolute atomic E-state index is 0.145. The van der Waals surface area contributed by atoms with E-state index in [4.69, 9.17) is 0 Å². The predicted molar refractivity (Wildman–Crippen MR) is 68.0 cm³/mol. The Morgan fingerprint density at radius 3 is 2.48 bits per heavy atom. The van der Waals surface area contributed by atoms with E-state index in [0.717, 1.165) is 23.1 Å². The number of rotatable bonds is 3. The number of halogens is 3. The monoisotopic (exact) mass is 305 g/mol. The molecule has 1 atom stereocenters. The summed E-state index contributed by atoms with van der Waals surface area (Å²) in [6, 6.07) is 0.632. The van der Waals surface area contributed by atoms with Crippen molar-refractivity contribution in [2.45, 2.75) is 12.2 Å². The Balaban J connectivity index is 2.45. The Morgan fingerprint density at radius 2 is 1.95 bits per heavy atom. The summed E-state index contributed by atoms with van der Waals surface area (Å²) in [5.41, 5.74) is -0.967. The molecule has 0 saturated carbocycles. The van der Waals surface area contributed by atoms with Crippen LogP contribution in [0, 0.1) is 10.1 Å². The van der Waals surface area contributed by atoms with Crippen molar-refractivity contribution in [3.63, 3.8) is 0 Å². The third kappa shape index (κ3) is 3.42. The summed E-state index contributed by atoms with van der Waals surface area (Å²) in [5, 5.41) is 23.4. The summed E-state index contributed by atoms with van der Waals surface area (Å²) in [6.45, 7) is 1.07. The van der Waals surface area contributed by atoms with E-state index in [1.54, 1.807) is 0 Å². The molecule has 2 N–H and O–H groups in total. The lowest BCUT2D eigenvalue weighted by atomic mass is 10.0. The molecule has 0 spiro atoms. The summed E-state index contributed by atoms with van der Waals surface area (Å²) in [4.78, 5) is 11.1. The first kappa shape index (κ1) is 15.5. The lowest BCUT2D eigenvalue weighted by Crippen LogP contribution is -2.49. The summed E-state index contributed by atoms with van der Waals surface area (Å²) in [6.07, 6.45) is -4.63. The fraction of sp³-hybridized carbons (Fsp3) is 0.500. The first-order valence-corrected chi connectivity index (χ1v) is 6.29. The van der Waals surface area contributed by atoms with Crippen LogP contribution in [-0.4, -0.2) is 47.3 Å². The van der Waals surface area contributed by atoms with Gasteiger partial charge in [-0.15, -0.1) is 0 Å². The molecule has 0 unspecified atom stereocenters. The average Bonchev–Trinajstić information content (AvgIpc) is 2.40. The van der Waals surface area contributed by atoms with Crippen molar-refractivity contribution in [3.05, 3.63) is 33.9 Å². The number of alkyl halides is 3. The number of nitrogens with zero attached hydrogens (tertiary/aromatic N) is 2. The van der Waals surface area contributed by atoms with Gasteiger partial charge in [0.1, 0.15) is 11.8 Å². The number of hydrogen-bond acceptors (Lipinski definition) is 5. The Labute approximate surface area is 118 Å². The van der Waals surface area contributed by atoms with Gasteiger partial charge in [0.05, 0.1) is 4.92 Å². The highest BCUT2D eigenvalue weighted by Gasteiger charge is 2.46. The van der Waals surface area contributed by atoms with E-state index in [9.17, 15) is 28.4 Å². The maximum Gasteiger partial charge on any atom is 0.408 e. The fourth-order valence-electron chi connectivity index (χ4n) is 2.39. The predicted octanol–water partition coefficient (Wildman–Crippen LogP) is 1.81. The second-order valence-electron chi connectivity index (χ2n) is 4.73. The zero-order valence-corrected chi connectivity index (χ0v) is 10.9. The van der Waals surface area contributed by atoms with Gasteiger partial charge in [-0.3, -0.25) is 15.0 Å². The van der Waals surface area contributed by atoms with Crippen LogP contribution in [0.15, 0.2) is 18.2 Å². The molecule has 1 aromatic carbocycles. The van der Waals surface area contributed by atoms with Gasteiger partial charge in [-0.25, -0.2) is 0 Å². The molecular weight excluding hydrogens is 291 g/mol. The molecule has 1 aromatic rings. The number of aromatic hydroxyl groups is 1. The molecule has 1 fully saturated rings. The van der Waals surface area contributed by atoms with E-state index in [2.05, 4.69) is 5.32 Å². The third-order valence-electron chi connectivity index (χ3n) is 3.34. The van der Waals surface area contributed by atoms with Crippen molar-refractivity contribution in [2.24, 2.45) is 0 Å². The average molecular weight is 305 g/mol. The Bertz CT molecular complexity index is 530. The number of nitro benzene ring substituents is 1. The largest absolute Gasteiger partial charge is 0.508 e. The van der Waals surface area contributed by atoms with Crippen molar-refractivity contribution < 1.29 is 23.2 Å². The number of benzene rings is 1. The highest BCUT2D eigenvalue weighted by Crippen LogP contribution is 2.42. The standard InChI is InChI=1S/C12H14F3N3O3/c13-12(14,15)11(17-5-3-16-4-6-17)9-7-8(18(20)21)1-2-10(9)19/h1-2,7,11,16,19H,3-6H2/t11-/m1/s1. The van der Waals surface area contributed by atoms with E-state index in [1.807, 2.05) is 0 Å². The second kappa shape index (κ2) is 5.86. The minimum atomic E-state index is -4.63. The minimum Gasteiger partial charge on any atom is -0.508 e. The maximum absolute atomic E-state index is 13.4. The van der Waals surface area contributed by atoms with E-state index in [-0.39, 0.29) is 13.1 Å². The molecule has 9 heteroatoms. The molecule has 1 aliphatic rings. The Hall–Kier alpha value is -1.87. The summed E-state index contributed by atoms with van der Waals surface area (Å²) in [5.74, 6) is -0.596. The zero-order chi connectivity index (χ0) is 15.6. The van der Waals surface area contributed by atoms with Crippen molar-refractivity contribution in [2.75, 3.05) is 26.2 Å². The lowest BCUT2D eigenvalue weighted by molar-refractivity contribution is -0.385. The van der Waals surface area contributed by atoms with Crippen LogP contribution in [0.2, 0.25) is 0 Å². The van der Waals surface area contributed by atoms with Crippen molar-refractivity contribution in [3.8, 4) is 5.75 Å². The van der Waals surface area contributed by atoms with Gasteiger partial charge in [-0.05, 0) is 6.07 Å². The summed E-state index contributed by atoms with van der Waals surface area (Å²) in [7, 11) is 0.